The number of carbonyl (C=O) groups excluding carboxylic acids is 2. The van der Waals surface area contributed by atoms with Gasteiger partial charge in [0.1, 0.15) is 17.5 Å². The summed E-state index contributed by atoms with van der Waals surface area (Å²) in [7, 11) is -0.0678. The van der Waals surface area contributed by atoms with Crippen molar-refractivity contribution in [3.63, 3.8) is 0 Å². The molecule has 1 saturated heterocycles. The molecule has 3 rings (SSSR count). The monoisotopic (exact) mass is 516 g/mol. The van der Waals surface area contributed by atoms with Crippen LogP contribution in [0, 0.1) is 0 Å². The molecule has 33 heavy (non-hydrogen) atoms. The van der Waals surface area contributed by atoms with E-state index in [2.05, 4.69) is 5.32 Å². The highest BCUT2D eigenvalue weighted by molar-refractivity contribution is 7.89. The smallest absolute Gasteiger partial charge is 0.324 e. The Kier molecular flexibility index (Phi) is 7.73. The Morgan fingerprint density at radius 1 is 1.03 bits per heavy atom. The van der Waals surface area contributed by atoms with Gasteiger partial charge in [-0.15, -0.1) is 0 Å². The number of nitrogens with zero attached hydrogens (tertiary/aromatic N) is 1. The maximum Gasteiger partial charge on any atom is 0.324 e. The zero-order chi connectivity index (χ0) is 24.3. The molecule has 0 aliphatic carbocycles. The molecule has 1 N–H and O–H groups in total. The lowest BCUT2D eigenvalue weighted by Gasteiger charge is -2.22. The third kappa shape index (κ3) is 5.19. The first-order chi connectivity index (χ1) is 15.6. The molecule has 2 aromatic rings. The van der Waals surface area contributed by atoms with Crippen LogP contribution in [-0.4, -0.2) is 64.6 Å². The first-order valence-electron chi connectivity index (χ1n) is 9.70. The lowest BCUT2D eigenvalue weighted by Crippen LogP contribution is -2.42. The second kappa shape index (κ2) is 10.2. The summed E-state index contributed by atoms with van der Waals surface area (Å²) in [5, 5.41) is 3.02. The Morgan fingerprint density at radius 2 is 1.76 bits per heavy atom. The number of ether oxygens (including phenoxy) is 3. The number of amides is 1. The third-order valence-corrected chi connectivity index (χ3v) is 7.82. The normalized spacial score (nSPS) is 18.6. The van der Waals surface area contributed by atoms with Crippen LogP contribution in [0.1, 0.15) is 16.8 Å². The Hall–Kier alpha value is -2.53. The lowest BCUT2D eigenvalue weighted by molar-refractivity contribution is -0.144. The van der Waals surface area contributed by atoms with Crippen LogP contribution < -0.4 is 14.8 Å². The Labute approximate surface area is 201 Å². The summed E-state index contributed by atoms with van der Waals surface area (Å²) in [6.07, 6.45) is 0.0252. The van der Waals surface area contributed by atoms with Crippen LogP contribution in [0.2, 0.25) is 10.0 Å². The summed E-state index contributed by atoms with van der Waals surface area (Å²) in [4.78, 5) is 25.1. The quantitative estimate of drug-likeness (QED) is 0.563. The fraction of sp³-hybridized carbons (Fsp3) is 0.333. The van der Waals surface area contributed by atoms with Crippen molar-refractivity contribution >= 4 is 45.1 Å². The van der Waals surface area contributed by atoms with Gasteiger partial charge in [-0.2, -0.15) is 4.31 Å². The van der Waals surface area contributed by atoms with Crippen molar-refractivity contribution in [3.05, 3.63) is 52.0 Å². The minimum absolute atomic E-state index is 0.0252. The number of rotatable bonds is 7. The maximum atomic E-state index is 13.3. The van der Waals surface area contributed by atoms with Crippen molar-refractivity contribution in [2.75, 3.05) is 27.9 Å². The predicted octanol–water partition coefficient (Wildman–Crippen LogP) is 2.75. The molecule has 178 valence electrons. The zero-order valence-corrected chi connectivity index (χ0v) is 20.3. The van der Waals surface area contributed by atoms with Gasteiger partial charge in [-0.05, 0) is 36.8 Å². The van der Waals surface area contributed by atoms with E-state index in [1.54, 1.807) is 12.1 Å². The minimum atomic E-state index is -4.14. The number of methoxy groups -OCH3 is 3. The molecule has 0 bridgehead atoms. The highest BCUT2D eigenvalue weighted by Gasteiger charge is 2.45. The second-order valence-electron chi connectivity index (χ2n) is 7.16. The van der Waals surface area contributed by atoms with Crippen LogP contribution in [0.5, 0.6) is 11.5 Å². The largest absolute Gasteiger partial charge is 0.497 e. The number of hydrogen-bond acceptors (Lipinski definition) is 7. The van der Waals surface area contributed by atoms with Crippen LogP contribution >= 0.6 is 23.2 Å². The van der Waals surface area contributed by atoms with E-state index in [9.17, 15) is 18.0 Å². The van der Waals surface area contributed by atoms with E-state index in [1.807, 2.05) is 0 Å². The summed E-state index contributed by atoms with van der Waals surface area (Å²) in [6, 6.07) is 6.77. The number of halogens is 2. The van der Waals surface area contributed by atoms with Gasteiger partial charge < -0.3 is 19.5 Å². The van der Waals surface area contributed by atoms with E-state index >= 15 is 0 Å². The predicted molar refractivity (Wildman–Crippen MR) is 122 cm³/mol. The molecule has 1 amide bonds. The summed E-state index contributed by atoms with van der Waals surface area (Å²) in [6.45, 7) is -0.146. The average Bonchev–Trinajstić information content (AvgIpc) is 3.24. The van der Waals surface area contributed by atoms with Crippen LogP contribution in [0.3, 0.4) is 0 Å². The van der Waals surface area contributed by atoms with Crippen molar-refractivity contribution in [3.8, 4) is 11.5 Å². The van der Waals surface area contributed by atoms with Gasteiger partial charge in [0.15, 0.2) is 0 Å². The topological polar surface area (TPSA) is 111 Å². The molecular weight excluding hydrogens is 495 g/mol. The molecule has 1 aliphatic heterocycles. The molecule has 2 aromatic carbocycles. The van der Waals surface area contributed by atoms with Gasteiger partial charge in [-0.1, -0.05) is 23.2 Å². The Bertz CT molecular complexity index is 1170. The molecule has 1 aliphatic rings. The Balaban J connectivity index is 1.87. The summed E-state index contributed by atoms with van der Waals surface area (Å²) in [5.41, 5.74) is 0.235. The van der Waals surface area contributed by atoms with E-state index < -0.39 is 34.0 Å². The van der Waals surface area contributed by atoms with Crippen LogP contribution in [0.4, 0.5) is 0 Å². The van der Waals surface area contributed by atoms with Gasteiger partial charge in [0, 0.05) is 18.7 Å². The Morgan fingerprint density at radius 3 is 2.36 bits per heavy atom. The van der Waals surface area contributed by atoms with Gasteiger partial charge in [0.05, 0.1) is 41.8 Å². The van der Waals surface area contributed by atoms with Gasteiger partial charge in [-0.25, -0.2) is 8.42 Å². The second-order valence-corrected chi connectivity index (χ2v) is 9.87. The number of nitrogens with one attached hydrogen (secondary N) is 1. The number of benzene rings is 2. The minimum Gasteiger partial charge on any atom is -0.497 e. The molecule has 1 heterocycles. The third-order valence-electron chi connectivity index (χ3n) is 5.22. The van der Waals surface area contributed by atoms with Crippen LogP contribution in [0.15, 0.2) is 41.3 Å². The molecule has 0 spiro atoms. The zero-order valence-electron chi connectivity index (χ0n) is 18.0. The van der Waals surface area contributed by atoms with E-state index in [4.69, 9.17) is 37.4 Å². The average molecular weight is 517 g/mol. The molecule has 0 saturated carbocycles. The number of carbonyl (C=O) groups is 2. The molecule has 0 aromatic heterocycles. The van der Waals surface area contributed by atoms with E-state index in [0.29, 0.717) is 5.75 Å². The highest BCUT2D eigenvalue weighted by Crippen LogP contribution is 2.31. The van der Waals surface area contributed by atoms with Gasteiger partial charge in [-0.3, -0.25) is 9.59 Å². The van der Waals surface area contributed by atoms with Crippen molar-refractivity contribution in [1.82, 2.24) is 9.62 Å². The molecule has 12 heteroatoms. The van der Waals surface area contributed by atoms with Crippen molar-refractivity contribution in [2.45, 2.75) is 23.4 Å². The summed E-state index contributed by atoms with van der Waals surface area (Å²) >= 11 is 11.9. The molecule has 0 radical (unpaired) electrons. The summed E-state index contributed by atoms with van der Waals surface area (Å²) < 4.78 is 42.7. The SMILES string of the molecule is COC(=O)[C@H]1C[C@H](NC(=O)c2ccc(OC)cc2OC)CN1S(=O)(=O)c1ccc(Cl)c(Cl)c1. The molecule has 0 unspecified atom stereocenters. The number of hydrogen-bond donors (Lipinski definition) is 1. The highest BCUT2D eigenvalue weighted by atomic mass is 35.5. The van der Waals surface area contributed by atoms with Crippen molar-refractivity contribution in [1.29, 1.82) is 0 Å². The van der Waals surface area contributed by atoms with Gasteiger partial charge in [0.25, 0.3) is 5.91 Å². The van der Waals surface area contributed by atoms with Crippen molar-refractivity contribution in [2.24, 2.45) is 0 Å². The molecule has 2 atom stereocenters. The van der Waals surface area contributed by atoms with E-state index in [1.165, 1.54) is 45.6 Å². The standard InChI is InChI=1S/C21H22Cl2N2O7S/c1-30-13-4-6-15(19(9-13)31-2)20(26)24-12-8-18(21(27)32-3)25(11-12)33(28,29)14-5-7-16(22)17(23)10-14/h4-7,9-10,12,18H,8,11H2,1-3H3,(H,24,26)/t12-,18+/m0/s1. The summed E-state index contributed by atoms with van der Waals surface area (Å²) in [5.74, 6) is -0.433. The fourth-order valence-electron chi connectivity index (χ4n) is 3.55. The van der Waals surface area contributed by atoms with Gasteiger partial charge >= 0.3 is 5.97 Å². The van der Waals surface area contributed by atoms with E-state index in [0.717, 1.165) is 4.31 Å². The van der Waals surface area contributed by atoms with Crippen LogP contribution in [0.25, 0.3) is 0 Å². The van der Waals surface area contributed by atoms with Crippen molar-refractivity contribution < 1.29 is 32.2 Å². The number of esters is 1. The van der Waals surface area contributed by atoms with Gasteiger partial charge in [0.2, 0.25) is 10.0 Å². The maximum absolute atomic E-state index is 13.3. The fourth-order valence-corrected chi connectivity index (χ4v) is 5.57. The number of sulfonamides is 1. The first-order valence-corrected chi connectivity index (χ1v) is 11.9. The molecular formula is C21H22Cl2N2O7S. The first kappa shape index (κ1) is 25.1. The van der Waals surface area contributed by atoms with E-state index in [-0.39, 0.29) is 39.2 Å². The lowest BCUT2D eigenvalue weighted by atomic mass is 10.1. The van der Waals surface area contributed by atoms with Crippen LogP contribution in [-0.2, 0) is 19.6 Å². The molecule has 1 fully saturated rings. The molecule has 9 nitrogen and oxygen atoms in total.